The number of hydrogen-bond donors (Lipinski definition) is 3. The van der Waals surface area contributed by atoms with Gasteiger partial charge in [0.15, 0.2) is 0 Å². The molecule has 0 unspecified atom stereocenters. The summed E-state index contributed by atoms with van der Waals surface area (Å²) in [7, 11) is 5.80. The largest absolute Gasteiger partial charge is 0.383 e. The number of carbonyl (C=O) groups excluding carboxylic acids is 8. The van der Waals surface area contributed by atoms with Gasteiger partial charge in [-0.3, -0.25) is 38.4 Å². The topological polar surface area (TPSA) is 274 Å². The lowest BCUT2D eigenvalue weighted by Crippen LogP contribution is -2.53. The Morgan fingerprint density at radius 2 is 0.556 bits per heavy atom. The van der Waals surface area contributed by atoms with E-state index in [1.807, 2.05) is 0 Å². The molecule has 6 N–H and O–H groups in total. The van der Waals surface area contributed by atoms with E-state index >= 15 is 0 Å². The number of carbonyl (C=O) groups is 8. The molecule has 364 valence electrons. The third kappa shape index (κ3) is 26.2. The molecule has 7 amide bonds. The SMILES string of the molecule is COCCN(CC(=O)N(CCCCN)CC(=O)N(CCOC)CC(=O)N(CCCCN)CC(=O)N(CCOC)CC(=O)N(CCOC)CC(=O)N(CCCCN)CC(C)=O)C(C)=O. The van der Waals surface area contributed by atoms with Crippen LogP contribution in [0.25, 0.3) is 0 Å². The van der Waals surface area contributed by atoms with E-state index in [0.717, 1.165) is 0 Å². The van der Waals surface area contributed by atoms with Crippen molar-refractivity contribution in [3.05, 3.63) is 0 Å². The number of methoxy groups -OCH3 is 4. The molecule has 0 bridgehead atoms. The Kier molecular flexibility index (Phi) is 33.6. The third-order valence-corrected chi connectivity index (χ3v) is 9.84. The van der Waals surface area contributed by atoms with Crippen LogP contribution < -0.4 is 17.2 Å². The number of nitrogens with two attached hydrogens (primary N) is 3. The molecule has 0 spiro atoms. The van der Waals surface area contributed by atoms with Crippen molar-refractivity contribution in [1.82, 2.24) is 34.3 Å². The first-order valence-corrected chi connectivity index (χ1v) is 21.6. The molecule has 0 aromatic heterocycles. The molecule has 0 radical (unpaired) electrons. The molecule has 22 nitrogen and oxygen atoms in total. The Morgan fingerprint density at radius 3 is 0.778 bits per heavy atom. The first-order chi connectivity index (χ1) is 30.1. The van der Waals surface area contributed by atoms with Crippen LogP contribution in [0.2, 0.25) is 0 Å². The second kappa shape index (κ2) is 36.1. The van der Waals surface area contributed by atoms with Gasteiger partial charge in [0.2, 0.25) is 41.4 Å². The summed E-state index contributed by atoms with van der Waals surface area (Å²) in [5.74, 6) is -3.76. The molecule has 0 atom stereocenters. The molecular weight excluding hydrogens is 825 g/mol. The Hall–Kier alpha value is -4.32. The van der Waals surface area contributed by atoms with Gasteiger partial charge in [-0.15, -0.1) is 0 Å². The Morgan fingerprint density at radius 1 is 0.333 bits per heavy atom. The van der Waals surface area contributed by atoms with Crippen LogP contribution in [0.15, 0.2) is 0 Å². The fourth-order valence-electron chi connectivity index (χ4n) is 6.09. The monoisotopic (exact) mass is 903 g/mol. The molecule has 0 fully saturated rings. The van der Waals surface area contributed by atoms with Crippen LogP contribution in [0, 0.1) is 0 Å². The standard InChI is InChI=1S/C41H78N10O12/c1-34(52)27-46(16-10-7-13-42)37(55)31-49(20-24-61-4)41(59)33-51(22-26-63-6)40(58)30-48(18-12-9-15-44)38(56)32-50(21-25-62-5)39(57)29-47(17-11-8-14-43)36(54)28-45(35(2)53)19-23-60-3/h7-33,42-44H2,1-6H3. The minimum Gasteiger partial charge on any atom is -0.383 e. The summed E-state index contributed by atoms with van der Waals surface area (Å²) in [6.45, 7) is 2.47. The van der Waals surface area contributed by atoms with Crippen LogP contribution in [0.5, 0.6) is 0 Å². The average Bonchev–Trinajstić information content (AvgIpc) is 3.24. The molecule has 0 aromatic rings. The van der Waals surface area contributed by atoms with Crippen molar-refractivity contribution in [3.8, 4) is 0 Å². The smallest absolute Gasteiger partial charge is 0.242 e. The van der Waals surface area contributed by atoms with E-state index in [-0.39, 0.29) is 104 Å². The van der Waals surface area contributed by atoms with Gasteiger partial charge in [0.1, 0.15) is 5.78 Å². The molecule has 0 aliphatic carbocycles. The number of hydrogen-bond acceptors (Lipinski definition) is 15. The Labute approximate surface area is 373 Å². The summed E-state index contributed by atoms with van der Waals surface area (Å²) in [4.78, 5) is 116. The lowest BCUT2D eigenvalue weighted by molar-refractivity contribution is -0.149. The fraction of sp³-hybridized carbons (Fsp3) is 0.805. The van der Waals surface area contributed by atoms with Crippen LogP contribution in [-0.2, 0) is 57.3 Å². The van der Waals surface area contributed by atoms with E-state index in [0.29, 0.717) is 58.2 Å². The predicted octanol–water partition coefficient (Wildman–Crippen LogP) is -2.80. The number of amides is 7. The lowest BCUT2D eigenvalue weighted by atomic mass is 10.2. The molecule has 0 aliphatic rings. The van der Waals surface area contributed by atoms with Crippen molar-refractivity contribution >= 4 is 47.1 Å². The molecule has 0 rings (SSSR count). The molecule has 0 saturated heterocycles. The molecular formula is C41H78N10O12. The van der Waals surface area contributed by atoms with E-state index in [9.17, 15) is 38.4 Å². The maximum Gasteiger partial charge on any atom is 0.242 e. The zero-order valence-electron chi connectivity index (χ0n) is 38.9. The molecule has 22 heteroatoms. The lowest BCUT2D eigenvalue weighted by Gasteiger charge is -2.32. The molecule has 0 aliphatic heterocycles. The first-order valence-electron chi connectivity index (χ1n) is 21.6. The summed E-state index contributed by atoms with van der Waals surface area (Å²) in [5.41, 5.74) is 17.1. The van der Waals surface area contributed by atoms with Crippen molar-refractivity contribution in [2.24, 2.45) is 17.2 Å². The summed E-state index contributed by atoms with van der Waals surface area (Å²) in [6, 6.07) is 0. The van der Waals surface area contributed by atoms with Gasteiger partial charge in [-0.05, 0) is 65.1 Å². The third-order valence-electron chi connectivity index (χ3n) is 9.84. The minimum absolute atomic E-state index is 0.00867. The number of ether oxygens (including phenoxy) is 4. The normalized spacial score (nSPS) is 10.9. The highest BCUT2D eigenvalue weighted by Crippen LogP contribution is 2.08. The quantitative estimate of drug-likeness (QED) is 0.0528. The van der Waals surface area contributed by atoms with E-state index in [4.69, 9.17) is 36.1 Å². The highest BCUT2D eigenvalue weighted by Gasteiger charge is 2.30. The number of unbranched alkanes of at least 4 members (excludes halogenated alkanes) is 3. The summed E-state index contributed by atoms with van der Waals surface area (Å²) in [6.07, 6.45) is 3.27. The van der Waals surface area contributed by atoms with Gasteiger partial charge in [-0.25, -0.2) is 0 Å². The van der Waals surface area contributed by atoms with E-state index < -0.39 is 61.6 Å². The Bertz CT molecular complexity index is 1380. The van der Waals surface area contributed by atoms with Gasteiger partial charge < -0.3 is 70.4 Å². The Balaban J connectivity index is 6.44. The number of ketones is 1. The molecule has 0 aromatic carbocycles. The van der Waals surface area contributed by atoms with Gasteiger partial charge >= 0.3 is 0 Å². The predicted molar refractivity (Wildman–Crippen MR) is 235 cm³/mol. The number of nitrogens with zero attached hydrogens (tertiary/aromatic N) is 7. The van der Waals surface area contributed by atoms with Crippen LogP contribution >= 0.6 is 0 Å². The van der Waals surface area contributed by atoms with Gasteiger partial charge in [-0.1, -0.05) is 0 Å². The fourth-order valence-corrected chi connectivity index (χ4v) is 6.09. The highest BCUT2D eigenvalue weighted by molar-refractivity contribution is 5.93. The minimum atomic E-state index is -0.588. The summed E-state index contributed by atoms with van der Waals surface area (Å²) in [5, 5.41) is 0. The number of Topliss-reactive ketones (excluding diaryl/α,β-unsaturated/α-hetero) is 1. The van der Waals surface area contributed by atoms with Crippen LogP contribution in [-0.4, -0.2) is 248 Å². The van der Waals surface area contributed by atoms with Crippen molar-refractivity contribution in [1.29, 1.82) is 0 Å². The average molecular weight is 903 g/mol. The van der Waals surface area contributed by atoms with E-state index in [2.05, 4.69) is 0 Å². The van der Waals surface area contributed by atoms with Crippen LogP contribution in [0.1, 0.15) is 52.4 Å². The van der Waals surface area contributed by atoms with Gasteiger partial charge in [0.05, 0.1) is 72.2 Å². The zero-order valence-corrected chi connectivity index (χ0v) is 38.9. The number of rotatable bonds is 38. The summed E-state index contributed by atoms with van der Waals surface area (Å²) < 4.78 is 20.8. The molecule has 0 heterocycles. The van der Waals surface area contributed by atoms with E-state index in [1.165, 1.54) is 76.6 Å². The van der Waals surface area contributed by atoms with Crippen LogP contribution in [0.3, 0.4) is 0 Å². The second-order valence-electron chi connectivity index (χ2n) is 15.0. The molecule has 0 saturated carbocycles. The van der Waals surface area contributed by atoms with Gasteiger partial charge in [0, 0.05) is 81.2 Å². The van der Waals surface area contributed by atoms with Crippen molar-refractivity contribution < 1.29 is 57.3 Å². The maximum atomic E-state index is 14.1. The summed E-state index contributed by atoms with van der Waals surface area (Å²) >= 11 is 0. The van der Waals surface area contributed by atoms with E-state index in [1.54, 1.807) is 0 Å². The maximum absolute atomic E-state index is 14.1. The van der Waals surface area contributed by atoms with Crippen molar-refractivity contribution in [3.63, 3.8) is 0 Å². The van der Waals surface area contributed by atoms with Crippen molar-refractivity contribution in [2.45, 2.75) is 52.4 Å². The van der Waals surface area contributed by atoms with Gasteiger partial charge in [0.25, 0.3) is 0 Å². The first kappa shape index (κ1) is 58.7. The zero-order chi connectivity index (χ0) is 47.6. The highest BCUT2D eigenvalue weighted by atomic mass is 16.5. The van der Waals surface area contributed by atoms with Gasteiger partial charge in [-0.2, -0.15) is 0 Å². The van der Waals surface area contributed by atoms with Crippen LogP contribution in [0.4, 0.5) is 0 Å². The van der Waals surface area contributed by atoms with Crippen molar-refractivity contribution in [2.75, 3.05) is 166 Å². The molecule has 63 heavy (non-hydrogen) atoms. The second-order valence-corrected chi connectivity index (χ2v) is 15.0.